The Kier molecular flexibility index (Phi) is 6.28. The topological polar surface area (TPSA) is 67.8 Å². The molecule has 6 heteroatoms. The minimum atomic E-state index is -0.462. The fraction of sp³-hybridized carbons (Fsp3) is 0.160. The molecule has 0 spiro atoms. The number of halogens is 1. The summed E-state index contributed by atoms with van der Waals surface area (Å²) in [5, 5.41) is 12.6. The number of aromatic hydroxyl groups is 1. The van der Waals surface area contributed by atoms with Gasteiger partial charge in [-0.25, -0.2) is 4.79 Å². The molecule has 0 fully saturated rings. The van der Waals surface area contributed by atoms with Gasteiger partial charge in [0.2, 0.25) is 0 Å². The van der Waals surface area contributed by atoms with Crippen LogP contribution in [0.1, 0.15) is 22.6 Å². The lowest BCUT2D eigenvalue weighted by atomic mass is 9.98. The van der Waals surface area contributed by atoms with Gasteiger partial charge < -0.3 is 19.9 Å². The number of alkyl carbamates (subject to hydrolysis) is 1. The average molecular weight is 480 g/mol. The fourth-order valence-electron chi connectivity index (χ4n) is 3.83. The van der Waals surface area contributed by atoms with Crippen LogP contribution in [0.3, 0.4) is 0 Å². The largest absolute Gasteiger partial charge is 0.503 e. The van der Waals surface area contributed by atoms with Gasteiger partial charge in [-0.05, 0) is 55.9 Å². The van der Waals surface area contributed by atoms with Crippen LogP contribution in [0.4, 0.5) is 4.79 Å². The number of hydrogen-bond acceptors (Lipinski definition) is 4. The van der Waals surface area contributed by atoms with Crippen LogP contribution >= 0.6 is 15.9 Å². The molecule has 31 heavy (non-hydrogen) atoms. The minimum Gasteiger partial charge on any atom is -0.503 e. The first-order chi connectivity index (χ1) is 15.1. The SMILES string of the molecule is COc1cc(C=CCNC(=O)OCC2c3ccccc3-c3ccccc32)cc(Br)c1O. The number of phenolic OH excluding ortho intramolecular Hbond substituents is 1. The summed E-state index contributed by atoms with van der Waals surface area (Å²) in [5.74, 6) is 0.463. The summed E-state index contributed by atoms with van der Waals surface area (Å²) < 4.78 is 11.2. The second-order valence-corrected chi connectivity index (χ2v) is 8.02. The van der Waals surface area contributed by atoms with Crippen molar-refractivity contribution < 1.29 is 19.4 Å². The van der Waals surface area contributed by atoms with Crippen molar-refractivity contribution in [3.05, 3.63) is 87.9 Å². The van der Waals surface area contributed by atoms with E-state index in [1.165, 1.54) is 29.4 Å². The Bertz CT molecular complexity index is 1100. The summed E-state index contributed by atoms with van der Waals surface area (Å²) in [5.41, 5.74) is 5.60. The summed E-state index contributed by atoms with van der Waals surface area (Å²) in [7, 11) is 1.49. The maximum absolute atomic E-state index is 12.2. The first kappa shape index (κ1) is 21.0. The molecular weight excluding hydrogens is 458 g/mol. The molecule has 3 aromatic carbocycles. The number of hydrogen-bond donors (Lipinski definition) is 2. The van der Waals surface area contributed by atoms with Crippen LogP contribution < -0.4 is 10.1 Å². The first-order valence-electron chi connectivity index (χ1n) is 9.90. The van der Waals surface area contributed by atoms with E-state index in [1.807, 2.05) is 30.3 Å². The van der Waals surface area contributed by atoms with E-state index in [9.17, 15) is 9.90 Å². The lowest BCUT2D eigenvalue weighted by Gasteiger charge is -2.14. The van der Waals surface area contributed by atoms with Gasteiger partial charge in [0.25, 0.3) is 0 Å². The highest BCUT2D eigenvalue weighted by molar-refractivity contribution is 9.10. The Hall–Kier alpha value is -3.25. The molecule has 0 bridgehead atoms. The van der Waals surface area contributed by atoms with Crippen LogP contribution in [-0.4, -0.2) is 31.5 Å². The summed E-state index contributed by atoms with van der Waals surface area (Å²) in [6, 6.07) is 20.0. The van der Waals surface area contributed by atoms with Crippen LogP contribution in [0.25, 0.3) is 17.2 Å². The highest BCUT2D eigenvalue weighted by Crippen LogP contribution is 2.44. The molecule has 5 nitrogen and oxygen atoms in total. The zero-order chi connectivity index (χ0) is 21.8. The lowest BCUT2D eigenvalue weighted by Crippen LogP contribution is -2.26. The van der Waals surface area contributed by atoms with Crippen molar-refractivity contribution in [2.24, 2.45) is 0 Å². The third kappa shape index (κ3) is 4.44. The molecule has 0 heterocycles. The third-order valence-electron chi connectivity index (χ3n) is 5.29. The van der Waals surface area contributed by atoms with Crippen molar-refractivity contribution in [3.63, 3.8) is 0 Å². The lowest BCUT2D eigenvalue weighted by molar-refractivity contribution is 0.144. The van der Waals surface area contributed by atoms with Gasteiger partial charge in [0.05, 0.1) is 11.6 Å². The second-order valence-electron chi connectivity index (χ2n) is 7.16. The number of ether oxygens (including phenoxy) is 2. The zero-order valence-corrected chi connectivity index (χ0v) is 18.6. The Labute approximate surface area is 189 Å². The van der Waals surface area contributed by atoms with Crippen molar-refractivity contribution in [1.29, 1.82) is 0 Å². The van der Waals surface area contributed by atoms with E-state index in [4.69, 9.17) is 9.47 Å². The number of carbonyl (C=O) groups excluding carboxylic acids is 1. The molecule has 1 amide bonds. The minimum absolute atomic E-state index is 0.0375. The Balaban J connectivity index is 1.33. The van der Waals surface area contributed by atoms with E-state index >= 15 is 0 Å². The number of phenols is 1. The van der Waals surface area contributed by atoms with Gasteiger partial charge in [-0.15, -0.1) is 0 Å². The van der Waals surface area contributed by atoms with E-state index < -0.39 is 6.09 Å². The molecule has 0 saturated carbocycles. The van der Waals surface area contributed by atoms with Crippen molar-refractivity contribution in [3.8, 4) is 22.6 Å². The van der Waals surface area contributed by atoms with Crippen LogP contribution in [0, 0.1) is 0 Å². The first-order valence-corrected chi connectivity index (χ1v) is 10.7. The van der Waals surface area contributed by atoms with Crippen molar-refractivity contribution >= 4 is 28.1 Å². The summed E-state index contributed by atoms with van der Waals surface area (Å²) in [6.45, 7) is 0.600. The molecule has 158 valence electrons. The number of fused-ring (bicyclic) bond motifs is 3. The molecule has 3 aromatic rings. The van der Waals surface area contributed by atoms with Gasteiger partial charge in [-0.1, -0.05) is 60.7 Å². The zero-order valence-electron chi connectivity index (χ0n) is 17.0. The van der Waals surface area contributed by atoms with Crippen molar-refractivity contribution in [2.45, 2.75) is 5.92 Å². The molecule has 4 rings (SSSR count). The summed E-state index contributed by atoms with van der Waals surface area (Å²) in [6.07, 6.45) is 3.17. The van der Waals surface area contributed by atoms with Crippen LogP contribution in [-0.2, 0) is 4.74 Å². The Morgan fingerprint density at radius 2 is 1.74 bits per heavy atom. The maximum atomic E-state index is 12.2. The highest BCUT2D eigenvalue weighted by Gasteiger charge is 2.28. The number of nitrogens with one attached hydrogen (secondary N) is 1. The fourth-order valence-corrected chi connectivity index (χ4v) is 4.29. The number of carbonyl (C=O) groups is 1. The Morgan fingerprint density at radius 1 is 1.10 bits per heavy atom. The van der Waals surface area contributed by atoms with Crippen LogP contribution in [0.15, 0.2) is 71.2 Å². The number of rotatable bonds is 6. The molecule has 0 atom stereocenters. The van der Waals surface area contributed by atoms with Crippen LogP contribution in [0.2, 0.25) is 0 Å². The van der Waals surface area contributed by atoms with E-state index in [0.717, 1.165) is 5.56 Å². The Morgan fingerprint density at radius 3 is 2.39 bits per heavy atom. The molecule has 0 saturated heterocycles. The smallest absolute Gasteiger partial charge is 0.407 e. The quantitative estimate of drug-likeness (QED) is 0.474. The molecule has 1 aliphatic carbocycles. The van der Waals surface area contributed by atoms with Gasteiger partial charge >= 0.3 is 6.09 Å². The van der Waals surface area contributed by atoms with E-state index in [-0.39, 0.29) is 18.3 Å². The van der Waals surface area contributed by atoms with Gasteiger partial charge in [0.15, 0.2) is 11.5 Å². The van der Waals surface area contributed by atoms with E-state index in [0.29, 0.717) is 16.8 Å². The average Bonchev–Trinajstić information content (AvgIpc) is 3.11. The molecule has 0 aromatic heterocycles. The van der Waals surface area contributed by atoms with Gasteiger partial charge in [0, 0.05) is 12.5 Å². The summed E-state index contributed by atoms with van der Waals surface area (Å²) >= 11 is 3.29. The molecule has 0 aliphatic heterocycles. The molecule has 2 N–H and O–H groups in total. The van der Waals surface area contributed by atoms with Gasteiger partial charge in [-0.2, -0.15) is 0 Å². The van der Waals surface area contributed by atoms with Crippen molar-refractivity contribution in [1.82, 2.24) is 5.32 Å². The molecular formula is C25H22BrNO4. The molecule has 0 radical (unpaired) electrons. The van der Waals surface area contributed by atoms with Crippen molar-refractivity contribution in [2.75, 3.05) is 20.3 Å². The third-order valence-corrected chi connectivity index (χ3v) is 5.89. The second kappa shape index (κ2) is 9.27. The monoisotopic (exact) mass is 479 g/mol. The molecule has 1 aliphatic rings. The molecule has 0 unspecified atom stereocenters. The maximum Gasteiger partial charge on any atom is 0.407 e. The van der Waals surface area contributed by atoms with Gasteiger partial charge in [-0.3, -0.25) is 0 Å². The van der Waals surface area contributed by atoms with Crippen LogP contribution in [0.5, 0.6) is 11.5 Å². The predicted molar refractivity (Wildman–Crippen MR) is 124 cm³/mol. The predicted octanol–water partition coefficient (Wildman–Crippen LogP) is 5.72. The normalized spacial score (nSPS) is 12.5. The number of amides is 1. The number of benzene rings is 3. The summed E-state index contributed by atoms with van der Waals surface area (Å²) in [4.78, 5) is 12.2. The standard InChI is InChI=1S/C25H22BrNO4/c1-30-23-14-16(13-22(26)24(23)28)7-6-12-27-25(29)31-15-21-19-10-4-2-8-17(19)18-9-3-5-11-20(18)21/h2-11,13-14,21,28H,12,15H2,1H3,(H,27,29). The highest BCUT2D eigenvalue weighted by atomic mass is 79.9. The van der Waals surface area contributed by atoms with E-state index in [1.54, 1.807) is 18.2 Å². The number of methoxy groups -OCH3 is 1. The van der Waals surface area contributed by atoms with Gasteiger partial charge in [0.1, 0.15) is 6.61 Å². The van der Waals surface area contributed by atoms with E-state index in [2.05, 4.69) is 45.5 Å².